The van der Waals surface area contributed by atoms with Crippen LogP contribution in [0.2, 0.25) is 0 Å². The molecule has 1 aromatic carbocycles. The Morgan fingerprint density at radius 3 is 2.63 bits per heavy atom. The maximum Gasteiger partial charge on any atom is 0.354 e. The highest BCUT2D eigenvalue weighted by molar-refractivity contribution is 5.94. The van der Waals surface area contributed by atoms with E-state index in [9.17, 15) is 9.90 Å². The van der Waals surface area contributed by atoms with E-state index in [2.05, 4.69) is 4.98 Å². The Morgan fingerprint density at radius 2 is 2.05 bits per heavy atom. The van der Waals surface area contributed by atoms with Gasteiger partial charge in [0, 0.05) is 12.6 Å². The molecular weight excluding hydrogens is 244 g/mol. The van der Waals surface area contributed by atoms with Crippen LogP contribution in [0.3, 0.4) is 0 Å². The lowest BCUT2D eigenvalue weighted by Gasteiger charge is -2.08. The predicted octanol–water partition coefficient (Wildman–Crippen LogP) is 2.41. The number of carboxylic acids is 1. The highest BCUT2D eigenvalue weighted by Gasteiger charge is 2.22. The summed E-state index contributed by atoms with van der Waals surface area (Å²) < 4.78 is 6.87. The zero-order valence-corrected chi connectivity index (χ0v) is 11.4. The van der Waals surface area contributed by atoms with Gasteiger partial charge in [-0.2, -0.15) is 0 Å². The molecule has 0 saturated heterocycles. The molecule has 0 saturated carbocycles. The third-order valence-corrected chi connectivity index (χ3v) is 3.13. The van der Waals surface area contributed by atoms with Gasteiger partial charge in [0.15, 0.2) is 5.69 Å². The molecule has 100 valence electrons. The second kappa shape index (κ2) is 4.76. The second-order valence-corrected chi connectivity index (χ2v) is 4.42. The maximum atomic E-state index is 11.4. The molecule has 1 N–H and O–H groups in total. The predicted molar refractivity (Wildman–Crippen MR) is 71.6 cm³/mol. The van der Waals surface area contributed by atoms with E-state index in [-0.39, 0.29) is 5.69 Å². The lowest BCUT2D eigenvalue weighted by Crippen LogP contribution is -2.07. The zero-order valence-electron chi connectivity index (χ0n) is 11.4. The fourth-order valence-electron chi connectivity index (χ4n) is 2.05. The molecule has 2 aromatic rings. The van der Waals surface area contributed by atoms with Gasteiger partial charge < -0.3 is 14.4 Å². The SMILES string of the molecule is COc1ccc(C)cc1-c1nc(C)n(C)c1C(=O)O. The number of ether oxygens (including phenoxy) is 1. The molecular formula is C14H16N2O3. The van der Waals surface area contributed by atoms with Gasteiger partial charge in [0.2, 0.25) is 0 Å². The van der Waals surface area contributed by atoms with Crippen LogP contribution in [0.4, 0.5) is 0 Å². The van der Waals surface area contributed by atoms with Crippen molar-refractivity contribution >= 4 is 5.97 Å². The number of nitrogens with zero attached hydrogens (tertiary/aromatic N) is 2. The van der Waals surface area contributed by atoms with Crippen LogP contribution in [-0.4, -0.2) is 27.7 Å². The van der Waals surface area contributed by atoms with E-state index in [0.717, 1.165) is 5.56 Å². The summed E-state index contributed by atoms with van der Waals surface area (Å²) >= 11 is 0. The van der Waals surface area contributed by atoms with E-state index in [1.54, 1.807) is 25.6 Å². The molecule has 1 heterocycles. The van der Waals surface area contributed by atoms with E-state index in [1.807, 2.05) is 25.1 Å². The molecule has 5 nitrogen and oxygen atoms in total. The second-order valence-electron chi connectivity index (χ2n) is 4.42. The van der Waals surface area contributed by atoms with Gasteiger partial charge in [-0.25, -0.2) is 9.78 Å². The van der Waals surface area contributed by atoms with Crippen LogP contribution in [0.1, 0.15) is 21.9 Å². The summed E-state index contributed by atoms with van der Waals surface area (Å²) in [7, 11) is 3.25. The number of benzene rings is 1. The number of hydrogen-bond acceptors (Lipinski definition) is 3. The summed E-state index contributed by atoms with van der Waals surface area (Å²) in [6, 6.07) is 5.62. The number of aromatic nitrogens is 2. The van der Waals surface area contributed by atoms with Gasteiger partial charge in [0.05, 0.1) is 7.11 Å². The first kappa shape index (κ1) is 13.1. The molecule has 0 aliphatic carbocycles. The van der Waals surface area contributed by atoms with Gasteiger partial charge in [0.1, 0.15) is 17.3 Å². The topological polar surface area (TPSA) is 64.4 Å². The molecule has 0 spiro atoms. The molecule has 0 amide bonds. The Balaban J connectivity index is 2.75. The normalized spacial score (nSPS) is 10.5. The van der Waals surface area contributed by atoms with Gasteiger partial charge in [-0.05, 0) is 26.0 Å². The fraction of sp³-hybridized carbons (Fsp3) is 0.286. The van der Waals surface area contributed by atoms with E-state index in [0.29, 0.717) is 22.8 Å². The Kier molecular flexibility index (Phi) is 3.29. The monoisotopic (exact) mass is 260 g/mol. The van der Waals surface area contributed by atoms with Gasteiger partial charge in [-0.1, -0.05) is 11.6 Å². The fourth-order valence-corrected chi connectivity index (χ4v) is 2.05. The average Bonchev–Trinajstić information content (AvgIpc) is 2.65. The first-order valence-electron chi connectivity index (χ1n) is 5.87. The van der Waals surface area contributed by atoms with E-state index < -0.39 is 5.97 Å². The number of hydrogen-bond donors (Lipinski definition) is 1. The van der Waals surface area contributed by atoms with Crippen molar-refractivity contribution in [2.75, 3.05) is 7.11 Å². The van der Waals surface area contributed by atoms with Gasteiger partial charge in [0.25, 0.3) is 0 Å². The maximum absolute atomic E-state index is 11.4. The van der Waals surface area contributed by atoms with Crippen molar-refractivity contribution in [2.24, 2.45) is 7.05 Å². The number of rotatable bonds is 3. The molecule has 0 unspecified atom stereocenters. The Labute approximate surface area is 111 Å². The number of aryl methyl sites for hydroxylation is 2. The minimum atomic E-state index is -0.998. The molecule has 0 fully saturated rings. The third kappa shape index (κ3) is 2.19. The van der Waals surface area contributed by atoms with Crippen molar-refractivity contribution in [2.45, 2.75) is 13.8 Å². The Hall–Kier alpha value is -2.30. The van der Waals surface area contributed by atoms with Crippen LogP contribution < -0.4 is 4.74 Å². The molecule has 19 heavy (non-hydrogen) atoms. The van der Waals surface area contributed by atoms with E-state index >= 15 is 0 Å². The average molecular weight is 260 g/mol. The van der Waals surface area contributed by atoms with Crippen molar-refractivity contribution in [3.8, 4) is 17.0 Å². The summed E-state index contributed by atoms with van der Waals surface area (Å²) in [6.07, 6.45) is 0. The number of aromatic carboxylic acids is 1. The van der Waals surface area contributed by atoms with E-state index in [1.165, 1.54) is 0 Å². The molecule has 0 bridgehead atoms. The number of carboxylic acid groups (broad SMARTS) is 1. The first-order chi connectivity index (χ1) is 8.95. The lowest BCUT2D eigenvalue weighted by molar-refractivity contribution is 0.0687. The summed E-state index contributed by atoms with van der Waals surface area (Å²) in [5.41, 5.74) is 2.33. The highest BCUT2D eigenvalue weighted by atomic mass is 16.5. The summed E-state index contributed by atoms with van der Waals surface area (Å²) in [5, 5.41) is 9.35. The summed E-state index contributed by atoms with van der Waals surface area (Å²) in [4.78, 5) is 15.8. The Morgan fingerprint density at radius 1 is 1.37 bits per heavy atom. The van der Waals surface area contributed by atoms with Crippen molar-refractivity contribution in [1.82, 2.24) is 9.55 Å². The molecule has 2 rings (SSSR count). The number of carbonyl (C=O) groups is 1. The Bertz CT molecular complexity index is 644. The molecule has 0 aliphatic rings. The standard InChI is InChI=1S/C14H16N2O3/c1-8-5-6-11(19-4)10(7-8)12-13(14(17)18)16(3)9(2)15-12/h5-7H,1-4H3,(H,17,18). The number of imidazole rings is 1. The minimum Gasteiger partial charge on any atom is -0.496 e. The molecule has 0 atom stereocenters. The third-order valence-electron chi connectivity index (χ3n) is 3.13. The minimum absolute atomic E-state index is 0.168. The summed E-state index contributed by atoms with van der Waals surface area (Å²) in [5.74, 6) is 0.267. The van der Waals surface area contributed by atoms with Crippen LogP contribution in [-0.2, 0) is 7.05 Å². The molecule has 0 radical (unpaired) electrons. The van der Waals surface area contributed by atoms with Crippen LogP contribution >= 0.6 is 0 Å². The first-order valence-corrected chi connectivity index (χ1v) is 5.87. The van der Waals surface area contributed by atoms with Crippen LogP contribution in [0.25, 0.3) is 11.3 Å². The van der Waals surface area contributed by atoms with Gasteiger partial charge in [-0.3, -0.25) is 0 Å². The van der Waals surface area contributed by atoms with Crippen molar-refractivity contribution in [1.29, 1.82) is 0 Å². The van der Waals surface area contributed by atoms with Gasteiger partial charge >= 0.3 is 5.97 Å². The van der Waals surface area contributed by atoms with Crippen LogP contribution in [0.15, 0.2) is 18.2 Å². The van der Waals surface area contributed by atoms with E-state index in [4.69, 9.17) is 4.74 Å². The molecule has 1 aromatic heterocycles. The molecule has 0 aliphatic heterocycles. The quantitative estimate of drug-likeness (QED) is 0.920. The molecule has 5 heteroatoms. The number of methoxy groups -OCH3 is 1. The van der Waals surface area contributed by atoms with Crippen molar-refractivity contribution in [3.05, 3.63) is 35.3 Å². The smallest absolute Gasteiger partial charge is 0.354 e. The van der Waals surface area contributed by atoms with Crippen LogP contribution in [0, 0.1) is 13.8 Å². The largest absolute Gasteiger partial charge is 0.496 e. The summed E-state index contributed by atoms with van der Waals surface area (Å²) in [6.45, 7) is 3.72. The van der Waals surface area contributed by atoms with Crippen LogP contribution in [0.5, 0.6) is 5.75 Å². The van der Waals surface area contributed by atoms with Crippen molar-refractivity contribution in [3.63, 3.8) is 0 Å². The van der Waals surface area contributed by atoms with Crippen molar-refractivity contribution < 1.29 is 14.6 Å². The zero-order chi connectivity index (χ0) is 14.2. The highest BCUT2D eigenvalue weighted by Crippen LogP contribution is 2.32. The lowest BCUT2D eigenvalue weighted by atomic mass is 10.1. The van der Waals surface area contributed by atoms with Gasteiger partial charge in [-0.15, -0.1) is 0 Å².